The molecule has 183 valence electrons. The first-order chi connectivity index (χ1) is 16.5. The van der Waals surface area contributed by atoms with Gasteiger partial charge in [0.1, 0.15) is 49.4 Å². The molecule has 0 fully saturated rings. The van der Waals surface area contributed by atoms with Crippen molar-refractivity contribution in [1.82, 2.24) is 9.13 Å². The number of benzene rings is 2. The summed E-state index contributed by atoms with van der Waals surface area (Å²) in [5.74, 6) is 0.402. The molecule has 0 aliphatic heterocycles. The number of rotatable bonds is 9. The third-order valence-electron chi connectivity index (χ3n) is 5.38. The van der Waals surface area contributed by atoms with Crippen molar-refractivity contribution < 1.29 is 36.1 Å². The summed E-state index contributed by atoms with van der Waals surface area (Å²) in [5, 5.41) is 20.3. The van der Waals surface area contributed by atoms with Crippen molar-refractivity contribution in [2.75, 3.05) is 13.1 Å². The molecule has 0 unspecified atom stereocenters. The molecule has 2 aromatic heterocycles. The third-order valence-corrected chi connectivity index (χ3v) is 5.38. The number of aromatic nitrogens is 4. The Labute approximate surface area is 215 Å². The summed E-state index contributed by atoms with van der Waals surface area (Å²) in [7, 11) is 3.96. The quantitative estimate of drug-likeness (QED) is 0.202. The SMILES string of the molecule is C[n+]1ccn(Cc2ccc(O)c(C=NCCN=Cc3cc(Cn4cc[n+](C)c4)ccc3O)c2)c1.[Co]. The maximum absolute atomic E-state index is 10.2. The fraction of sp³-hybridized carbons (Fsp3) is 0.231. The van der Waals surface area contributed by atoms with E-state index in [1.165, 1.54) is 0 Å². The van der Waals surface area contributed by atoms with E-state index in [-0.39, 0.29) is 28.3 Å². The van der Waals surface area contributed by atoms with Crippen LogP contribution in [0.25, 0.3) is 0 Å². The molecule has 0 spiro atoms. The van der Waals surface area contributed by atoms with E-state index in [2.05, 4.69) is 19.1 Å². The van der Waals surface area contributed by atoms with Gasteiger partial charge < -0.3 is 10.2 Å². The molecule has 4 aromatic rings. The standard InChI is InChI=1S/C26H28N6O2.Co/c1-29-9-11-31(19-29)17-21-3-5-25(33)23(13-21)15-27-7-8-28-16-24-14-22(4-6-26(24)34)18-32-12-10-30(2)20-32;/h3-6,9-16,19-20H,7-8,17-18H2,1-2H3;/p+2. The summed E-state index contributed by atoms with van der Waals surface area (Å²) in [6, 6.07) is 11.1. The van der Waals surface area contributed by atoms with E-state index in [1.807, 2.05) is 84.9 Å². The zero-order valence-corrected chi connectivity index (χ0v) is 20.9. The summed E-state index contributed by atoms with van der Waals surface area (Å²) in [5.41, 5.74) is 3.53. The van der Waals surface area contributed by atoms with Crippen LogP contribution < -0.4 is 9.13 Å². The van der Waals surface area contributed by atoms with Crippen molar-refractivity contribution >= 4 is 12.4 Å². The number of hydrogen-bond acceptors (Lipinski definition) is 4. The second kappa shape index (κ2) is 12.1. The minimum absolute atomic E-state index is 0. The Hall–Kier alpha value is -3.69. The molecule has 0 aliphatic carbocycles. The average Bonchev–Trinajstić information content (AvgIpc) is 3.41. The fourth-order valence-electron chi connectivity index (χ4n) is 3.66. The minimum atomic E-state index is 0. The van der Waals surface area contributed by atoms with E-state index in [9.17, 15) is 10.2 Å². The number of phenols is 2. The molecule has 2 heterocycles. The maximum atomic E-state index is 10.2. The van der Waals surface area contributed by atoms with Crippen molar-refractivity contribution in [2.45, 2.75) is 13.1 Å². The molecule has 0 aliphatic rings. The minimum Gasteiger partial charge on any atom is -0.507 e. The van der Waals surface area contributed by atoms with E-state index in [1.54, 1.807) is 24.6 Å². The molecular weight excluding hydrogens is 487 g/mol. The topological polar surface area (TPSA) is 82.8 Å². The molecule has 0 saturated carbocycles. The Balaban J connectivity index is 0.00000342. The molecule has 4 rings (SSSR count). The van der Waals surface area contributed by atoms with Crippen LogP contribution in [0.3, 0.4) is 0 Å². The van der Waals surface area contributed by atoms with E-state index in [0.717, 1.165) is 24.2 Å². The van der Waals surface area contributed by atoms with Gasteiger partial charge in [-0.1, -0.05) is 12.1 Å². The van der Waals surface area contributed by atoms with Crippen LogP contribution in [-0.2, 0) is 44.0 Å². The Morgan fingerprint density at radius 2 is 1.17 bits per heavy atom. The molecule has 0 bridgehead atoms. The van der Waals surface area contributed by atoms with Crippen LogP contribution in [0.1, 0.15) is 22.3 Å². The van der Waals surface area contributed by atoms with Gasteiger partial charge in [0.25, 0.3) is 0 Å². The average molecular weight is 517 g/mol. The van der Waals surface area contributed by atoms with E-state index < -0.39 is 0 Å². The van der Waals surface area contributed by atoms with Crippen molar-refractivity contribution in [3.05, 3.63) is 96.1 Å². The van der Waals surface area contributed by atoms with Crippen LogP contribution in [-0.4, -0.2) is 44.9 Å². The Morgan fingerprint density at radius 1 is 0.743 bits per heavy atom. The van der Waals surface area contributed by atoms with Crippen LogP contribution >= 0.6 is 0 Å². The summed E-state index contributed by atoms with van der Waals surface area (Å²) in [6.45, 7) is 2.40. The van der Waals surface area contributed by atoms with Gasteiger partial charge in [-0.15, -0.1) is 0 Å². The predicted octanol–water partition coefficient (Wildman–Crippen LogP) is 1.98. The van der Waals surface area contributed by atoms with Crippen LogP contribution in [0, 0.1) is 0 Å². The monoisotopic (exact) mass is 517 g/mol. The van der Waals surface area contributed by atoms with Gasteiger partial charge >= 0.3 is 0 Å². The van der Waals surface area contributed by atoms with Gasteiger partial charge in [-0.25, -0.2) is 18.3 Å². The number of aliphatic imine (C=N–C) groups is 2. The first-order valence-corrected chi connectivity index (χ1v) is 11.1. The van der Waals surface area contributed by atoms with Crippen molar-refractivity contribution in [1.29, 1.82) is 0 Å². The number of aromatic hydroxyl groups is 2. The van der Waals surface area contributed by atoms with E-state index in [0.29, 0.717) is 24.2 Å². The molecule has 35 heavy (non-hydrogen) atoms. The Morgan fingerprint density at radius 3 is 1.54 bits per heavy atom. The zero-order valence-electron chi connectivity index (χ0n) is 19.8. The normalized spacial score (nSPS) is 11.4. The van der Waals surface area contributed by atoms with Crippen molar-refractivity contribution in [3.8, 4) is 11.5 Å². The second-order valence-corrected chi connectivity index (χ2v) is 8.36. The molecule has 0 atom stereocenters. The van der Waals surface area contributed by atoms with Gasteiger partial charge in [-0.3, -0.25) is 9.98 Å². The molecule has 0 amide bonds. The number of nitrogens with zero attached hydrogens (tertiary/aromatic N) is 6. The molecule has 2 aromatic carbocycles. The molecule has 1 radical (unpaired) electrons. The second-order valence-electron chi connectivity index (χ2n) is 8.36. The predicted molar refractivity (Wildman–Crippen MR) is 131 cm³/mol. The van der Waals surface area contributed by atoms with Gasteiger partial charge in [-0.05, 0) is 35.4 Å². The first-order valence-electron chi connectivity index (χ1n) is 11.1. The first kappa shape index (κ1) is 25.9. The van der Waals surface area contributed by atoms with Crippen LogP contribution in [0.4, 0.5) is 0 Å². The maximum Gasteiger partial charge on any atom is 0.243 e. The van der Waals surface area contributed by atoms with Crippen LogP contribution in [0.2, 0.25) is 0 Å². The van der Waals surface area contributed by atoms with E-state index in [4.69, 9.17) is 0 Å². The third kappa shape index (κ3) is 7.39. The number of phenolic OH excluding ortho intramolecular Hbond substituents is 2. The molecular formula is C26H30CoN6O2+2. The Kier molecular flexibility index (Phi) is 8.99. The summed E-state index contributed by atoms with van der Waals surface area (Å²) >= 11 is 0. The summed E-state index contributed by atoms with van der Waals surface area (Å²) < 4.78 is 8.12. The van der Waals surface area contributed by atoms with Gasteiger partial charge in [0.2, 0.25) is 12.7 Å². The largest absolute Gasteiger partial charge is 0.507 e. The fourth-order valence-corrected chi connectivity index (χ4v) is 3.66. The molecule has 0 saturated heterocycles. The van der Waals surface area contributed by atoms with Gasteiger partial charge in [0.05, 0.1) is 27.2 Å². The summed E-state index contributed by atoms with van der Waals surface area (Å²) in [4.78, 5) is 8.81. The van der Waals surface area contributed by atoms with Crippen LogP contribution in [0.15, 0.2) is 83.8 Å². The zero-order chi connectivity index (χ0) is 23.9. The number of aryl methyl sites for hydroxylation is 2. The summed E-state index contributed by atoms with van der Waals surface area (Å²) in [6.07, 6.45) is 15.4. The van der Waals surface area contributed by atoms with Gasteiger partial charge in [0, 0.05) is 40.3 Å². The van der Waals surface area contributed by atoms with Gasteiger partial charge in [-0.2, -0.15) is 0 Å². The molecule has 2 N–H and O–H groups in total. The molecule has 9 heteroatoms. The smallest absolute Gasteiger partial charge is 0.243 e. The Bertz CT molecular complexity index is 1220. The number of hydrogen-bond donors (Lipinski definition) is 2. The number of imidazole rings is 2. The van der Waals surface area contributed by atoms with Crippen molar-refractivity contribution in [2.24, 2.45) is 24.1 Å². The van der Waals surface area contributed by atoms with E-state index >= 15 is 0 Å². The molecule has 8 nitrogen and oxygen atoms in total. The van der Waals surface area contributed by atoms with Crippen LogP contribution in [0.5, 0.6) is 11.5 Å². The van der Waals surface area contributed by atoms with Crippen molar-refractivity contribution in [3.63, 3.8) is 0 Å². The van der Waals surface area contributed by atoms with Gasteiger partial charge in [0.15, 0.2) is 0 Å².